The van der Waals surface area contributed by atoms with E-state index in [1.54, 1.807) is 30.3 Å². The molecule has 1 fully saturated rings. The van der Waals surface area contributed by atoms with E-state index in [9.17, 15) is 13.2 Å². The van der Waals surface area contributed by atoms with Crippen LogP contribution >= 0.6 is 23.2 Å². The van der Waals surface area contributed by atoms with E-state index in [-0.39, 0.29) is 23.1 Å². The van der Waals surface area contributed by atoms with Gasteiger partial charge in [0.25, 0.3) is 0 Å². The van der Waals surface area contributed by atoms with Crippen LogP contribution in [0.1, 0.15) is 12.8 Å². The largest absolute Gasteiger partial charge is 0.497 e. The van der Waals surface area contributed by atoms with E-state index in [0.29, 0.717) is 40.9 Å². The Balaban J connectivity index is 1.80. The van der Waals surface area contributed by atoms with Crippen LogP contribution in [0.3, 0.4) is 0 Å². The SMILES string of the molecule is COc1ccc(OC)c(S(=O)(=O)N2CCC[C@H](C(=O)Nc3cc(Cl)cc(Cl)c3)C2)c1. The molecule has 30 heavy (non-hydrogen) atoms. The average Bonchev–Trinajstić information content (AvgIpc) is 2.72. The Hall–Kier alpha value is -2.00. The fourth-order valence-electron chi connectivity index (χ4n) is 3.37. The number of rotatable bonds is 6. The number of anilines is 1. The van der Waals surface area contributed by atoms with Crippen LogP contribution in [0.5, 0.6) is 11.5 Å². The Labute approximate surface area is 185 Å². The first-order chi connectivity index (χ1) is 14.2. The zero-order valence-corrected chi connectivity index (χ0v) is 18.9. The monoisotopic (exact) mass is 472 g/mol. The fourth-order valence-corrected chi connectivity index (χ4v) is 5.59. The summed E-state index contributed by atoms with van der Waals surface area (Å²) < 4.78 is 38.2. The van der Waals surface area contributed by atoms with Crippen molar-refractivity contribution in [3.8, 4) is 11.5 Å². The van der Waals surface area contributed by atoms with E-state index in [1.807, 2.05) is 0 Å². The van der Waals surface area contributed by atoms with Crippen LogP contribution < -0.4 is 14.8 Å². The molecule has 10 heteroatoms. The lowest BCUT2D eigenvalue weighted by atomic mass is 9.99. The number of piperidine rings is 1. The minimum absolute atomic E-state index is 0.00651. The molecule has 1 N–H and O–H groups in total. The number of sulfonamides is 1. The van der Waals surface area contributed by atoms with E-state index in [2.05, 4.69) is 5.32 Å². The summed E-state index contributed by atoms with van der Waals surface area (Å²) in [5, 5.41) is 3.57. The maximum atomic E-state index is 13.3. The number of hydrogen-bond acceptors (Lipinski definition) is 5. The lowest BCUT2D eigenvalue weighted by Crippen LogP contribution is -2.43. The van der Waals surface area contributed by atoms with Crippen LogP contribution in [0.25, 0.3) is 0 Å². The van der Waals surface area contributed by atoms with E-state index in [0.717, 1.165) is 0 Å². The molecule has 0 aliphatic carbocycles. The van der Waals surface area contributed by atoms with Gasteiger partial charge in [-0.1, -0.05) is 23.2 Å². The van der Waals surface area contributed by atoms with Gasteiger partial charge in [0.2, 0.25) is 15.9 Å². The molecule has 0 unspecified atom stereocenters. The number of halogens is 2. The first-order valence-electron chi connectivity index (χ1n) is 9.23. The predicted octanol–water partition coefficient (Wildman–Crippen LogP) is 4.05. The summed E-state index contributed by atoms with van der Waals surface area (Å²) in [6.07, 6.45) is 1.13. The van der Waals surface area contributed by atoms with Crippen molar-refractivity contribution in [2.45, 2.75) is 17.7 Å². The van der Waals surface area contributed by atoms with Crippen molar-refractivity contribution in [2.75, 3.05) is 32.6 Å². The molecule has 0 bridgehead atoms. The molecular weight excluding hydrogens is 451 g/mol. The standard InChI is InChI=1S/C20H22Cl2N2O5S/c1-28-17-5-6-18(29-2)19(11-17)30(26,27)24-7-3-4-13(12-24)20(25)23-16-9-14(21)8-15(22)10-16/h5-6,8-11,13H,3-4,7,12H2,1-2H3,(H,23,25)/t13-/m0/s1. The Kier molecular flexibility index (Phi) is 7.13. The van der Waals surface area contributed by atoms with Gasteiger partial charge < -0.3 is 14.8 Å². The molecule has 0 saturated carbocycles. The zero-order valence-electron chi connectivity index (χ0n) is 16.5. The number of ether oxygens (including phenoxy) is 2. The molecule has 162 valence electrons. The zero-order chi connectivity index (χ0) is 21.9. The minimum atomic E-state index is -3.88. The molecule has 0 aromatic heterocycles. The highest BCUT2D eigenvalue weighted by Crippen LogP contribution is 2.33. The second-order valence-corrected chi connectivity index (χ2v) is 9.65. The van der Waals surface area contributed by atoms with Crippen molar-refractivity contribution in [3.63, 3.8) is 0 Å². The molecule has 0 radical (unpaired) electrons. The number of amides is 1. The molecule has 0 spiro atoms. The normalized spacial score (nSPS) is 17.4. The minimum Gasteiger partial charge on any atom is -0.497 e. The molecule has 7 nitrogen and oxygen atoms in total. The average molecular weight is 473 g/mol. The molecule has 1 aliphatic heterocycles. The van der Waals surface area contributed by atoms with Crippen LogP contribution in [0.15, 0.2) is 41.3 Å². The van der Waals surface area contributed by atoms with Gasteiger partial charge in [0.05, 0.1) is 20.1 Å². The number of benzene rings is 2. The number of hydrogen-bond donors (Lipinski definition) is 1. The Morgan fingerprint density at radius 3 is 2.43 bits per heavy atom. The van der Waals surface area contributed by atoms with Gasteiger partial charge in [0.15, 0.2) is 0 Å². The van der Waals surface area contributed by atoms with Crippen molar-refractivity contribution >= 4 is 44.8 Å². The topological polar surface area (TPSA) is 84.9 Å². The molecule has 2 aromatic rings. The van der Waals surface area contributed by atoms with E-state index >= 15 is 0 Å². The van der Waals surface area contributed by atoms with E-state index < -0.39 is 15.9 Å². The van der Waals surface area contributed by atoms with Gasteiger partial charge in [-0.25, -0.2) is 8.42 Å². The first-order valence-corrected chi connectivity index (χ1v) is 11.4. The second-order valence-electron chi connectivity index (χ2n) is 6.87. The summed E-state index contributed by atoms with van der Waals surface area (Å²) in [4.78, 5) is 12.8. The summed E-state index contributed by atoms with van der Waals surface area (Å²) >= 11 is 12.0. The third-order valence-electron chi connectivity index (χ3n) is 4.87. The summed E-state index contributed by atoms with van der Waals surface area (Å²) in [7, 11) is -1.02. The number of methoxy groups -OCH3 is 2. The maximum absolute atomic E-state index is 13.3. The summed E-state index contributed by atoms with van der Waals surface area (Å²) in [5.74, 6) is -0.178. The summed E-state index contributed by atoms with van der Waals surface area (Å²) in [5.41, 5.74) is 0.465. The van der Waals surface area contributed by atoms with Crippen LogP contribution in [-0.4, -0.2) is 45.9 Å². The van der Waals surface area contributed by atoms with Crippen LogP contribution in [-0.2, 0) is 14.8 Å². The van der Waals surface area contributed by atoms with Crippen molar-refractivity contribution in [1.29, 1.82) is 0 Å². The van der Waals surface area contributed by atoms with Gasteiger partial charge >= 0.3 is 0 Å². The van der Waals surface area contributed by atoms with Crippen molar-refractivity contribution in [2.24, 2.45) is 5.92 Å². The van der Waals surface area contributed by atoms with Crippen LogP contribution in [0.2, 0.25) is 10.0 Å². The quantitative estimate of drug-likeness (QED) is 0.685. The molecule has 3 rings (SSSR count). The van der Waals surface area contributed by atoms with Gasteiger partial charge in [-0.3, -0.25) is 4.79 Å². The van der Waals surface area contributed by atoms with Gasteiger partial charge in [-0.2, -0.15) is 4.31 Å². The highest BCUT2D eigenvalue weighted by Gasteiger charge is 2.35. The summed E-state index contributed by atoms with van der Waals surface area (Å²) in [6.45, 7) is 0.373. The fraction of sp³-hybridized carbons (Fsp3) is 0.350. The summed E-state index contributed by atoms with van der Waals surface area (Å²) in [6, 6.07) is 9.33. The molecule has 1 saturated heterocycles. The van der Waals surface area contributed by atoms with E-state index in [4.69, 9.17) is 32.7 Å². The lowest BCUT2D eigenvalue weighted by molar-refractivity contribution is -0.120. The molecule has 1 heterocycles. The molecule has 1 amide bonds. The molecular formula is C20H22Cl2N2O5S. The number of nitrogens with one attached hydrogen (secondary N) is 1. The Morgan fingerprint density at radius 1 is 1.10 bits per heavy atom. The number of carbonyl (C=O) groups excluding carboxylic acids is 1. The van der Waals surface area contributed by atoms with Crippen molar-refractivity contribution < 1.29 is 22.7 Å². The second kappa shape index (κ2) is 9.43. The Morgan fingerprint density at radius 2 is 1.80 bits per heavy atom. The number of nitrogens with zero attached hydrogens (tertiary/aromatic N) is 1. The van der Waals surface area contributed by atoms with E-state index in [1.165, 1.54) is 24.6 Å². The van der Waals surface area contributed by atoms with Gasteiger partial charge in [-0.05, 0) is 43.2 Å². The number of carbonyl (C=O) groups is 1. The lowest BCUT2D eigenvalue weighted by Gasteiger charge is -2.31. The highest BCUT2D eigenvalue weighted by molar-refractivity contribution is 7.89. The van der Waals surface area contributed by atoms with Crippen molar-refractivity contribution in [1.82, 2.24) is 4.31 Å². The molecule has 2 aromatic carbocycles. The highest BCUT2D eigenvalue weighted by atomic mass is 35.5. The maximum Gasteiger partial charge on any atom is 0.246 e. The predicted molar refractivity (Wildman–Crippen MR) is 116 cm³/mol. The third-order valence-corrected chi connectivity index (χ3v) is 7.20. The smallest absolute Gasteiger partial charge is 0.246 e. The van der Waals surface area contributed by atoms with Crippen molar-refractivity contribution in [3.05, 3.63) is 46.4 Å². The van der Waals surface area contributed by atoms with Gasteiger partial charge in [-0.15, -0.1) is 0 Å². The third kappa shape index (κ3) is 5.00. The van der Waals surface area contributed by atoms with Crippen LogP contribution in [0, 0.1) is 5.92 Å². The molecule has 1 aliphatic rings. The first kappa shape index (κ1) is 22.7. The van der Waals surface area contributed by atoms with Gasteiger partial charge in [0, 0.05) is 34.9 Å². The Bertz CT molecular complexity index is 1030. The van der Waals surface area contributed by atoms with Crippen LogP contribution in [0.4, 0.5) is 5.69 Å². The molecule has 1 atom stereocenters. The van der Waals surface area contributed by atoms with Gasteiger partial charge in [0.1, 0.15) is 16.4 Å².